The molecule has 11 N–H and O–H groups in total. The van der Waals surface area contributed by atoms with Gasteiger partial charge in [-0.15, -0.1) is 0 Å². The third-order valence-corrected chi connectivity index (χ3v) is 11.7. The fraction of sp³-hybridized carbons (Fsp3) is 0.844. The number of primary amides is 1. The number of aliphatic hydroxyl groups is 4. The van der Waals surface area contributed by atoms with Crippen LogP contribution < -0.4 is 27.0 Å². The molecule has 0 aromatic carbocycles. The number of nitrogens with one attached hydrogen (secondary N) is 4. The first kappa shape index (κ1) is 59.1. The van der Waals surface area contributed by atoms with Crippen molar-refractivity contribution in [3.63, 3.8) is 0 Å². The number of unbranched alkanes of at least 4 members (excludes halogenated alkanes) is 14. The van der Waals surface area contributed by atoms with Gasteiger partial charge < -0.3 is 76.2 Å². The number of amides is 5. The van der Waals surface area contributed by atoms with E-state index in [1.807, 2.05) is 0 Å². The normalized spacial score (nSPS) is 25.9. The summed E-state index contributed by atoms with van der Waals surface area (Å²) in [5.41, 5.74) is 5.32. The van der Waals surface area contributed by atoms with Gasteiger partial charge in [0.05, 0.1) is 6.61 Å². The number of aliphatic hydroxyl groups excluding tert-OH is 4. The first-order chi connectivity index (χ1) is 31.9. The van der Waals surface area contributed by atoms with Crippen molar-refractivity contribution in [3.05, 3.63) is 0 Å². The van der Waals surface area contributed by atoms with Crippen LogP contribution >= 0.6 is 0 Å². The Labute approximate surface area is 393 Å². The van der Waals surface area contributed by atoms with Gasteiger partial charge in [-0.1, -0.05) is 104 Å². The second-order valence-electron chi connectivity index (χ2n) is 17.4. The van der Waals surface area contributed by atoms with E-state index in [1.54, 1.807) is 0 Å². The Morgan fingerprint density at radius 2 is 1.22 bits per heavy atom. The van der Waals surface area contributed by atoms with Gasteiger partial charge in [-0.25, -0.2) is 0 Å². The molecule has 2 aliphatic heterocycles. The maximum atomic E-state index is 13.2. The Balaban J connectivity index is 2.09. The number of carbonyl (C=O) groups excluding carboxylic acids is 6. The van der Waals surface area contributed by atoms with Gasteiger partial charge in [0, 0.05) is 26.7 Å². The number of carboxylic acid groups (broad SMARTS) is 1. The minimum absolute atomic E-state index is 0.00146. The van der Waals surface area contributed by atoms with E-state index >= 15 is 0 Å². The SMILES string of the molecule is CCCCCCCCCCCCCCCCCC(=O)OC[C@H]1O[C@@H](O[C@H]2[C@H](OCC(=O)N[C@@H](CC)C(=O)N[C@H](CCC(=O)O)C(N)=O)[C@@H](NC(C)=O)C(O)O[C@@H]2CO)[C@H](NC(C)=O)[C@@H](O)[C@@H]1O. The van der Waals surface area contributed by atoms with Crippen LogP contribution in [0.5, 0.6) is 0 Å². The van der Waals surface area contributed by atoms with Gasteiger partial charge in [-0.2, -0.15) is 0 Å². The molecule has 0 radical (unpaired) electrons. The molecule has 22 nitrogen and oxygen atoms in total. The van der Waals surface area contributed by atoms with Gasteiger partial charge in [0.1, 0.15) is 74.0 Å². The molecule has 12 atom stereocenters. The molecule has 2 heterocycles. The molecular formula is C45H79N5O17. The third-order valence-electron chi connectivity index (χ3n) is 11.7. The lowest BCUT2D eigenvalue weighted by atomic mass is 9.94. The lowest BCUT2D eigenvalue weighted by molar-refractivity contribution is -0.331. The van der Waals surface area contributed by atoms with Gasteiger partial charge in [-0.3, -0.25) is 33.6 Å². The Morgan fingerprint density at radius 3 is 1.73 bits per heavy atom. The van der Waals surface area contributed by atoms with E-state index in [2.05, 4.69) is 28.2 Å². The van der Waals surface area contributed by atoms with Gasteiger partial charge >= 0.3 is 11.9 Å². The minimum atomic E-state index is -1.85. The zero-order valence-corrected chi connectivity index (χ0v) is 39.7. The molecule has 0 aromatic rings. The smallest absolute Gasteiger partial charge is 0.305 e. The zero-order valence-electron chi connectivity index (χ0n) is 39.7. The quantitative estimate of drug-likeness (QED) is 0.0309. The van der Waals surface area contributed by atoms with Crippen LogP contribution in [0.25, 0.3) is 0 Å². The highest BCUT2D eigenvalue weighted by Crippen LogP contribution is 2.31. The number of esters is 1. The van der Waals surface area contributed by atoms with E-state index in [0.29, 0.717) is 6.42 Å². The standard InChI is InChI=1S/C45H79N5O17/c1-5-7-8-9-10-11-12-13-14-15-16-17-18-19-20-21-35(57)63-25-32-38(58)39(59)36(47-27(3)52)45(66-32)67-40-31(24-51)65-44(62)37(48-28(4)53)41(40)64-26-33(54)49-29(6-2)43(61)50-30(42(46)60)22-23-34(55)56/h29-32,36-41,44-45,51,58-59,62H,5-26H2,1-4H3,(H2,46,60)(H,47,52)(H,48,53)(H,49,54)(H,50,61)(H,55,56)/t29-,30+,31+,32+,36+,37+,38+,39+,40+,41+,44?,45-/m0/s1. The molecule has 0 spiro atoms. The Hall–Kier alpha value is -4.03. The van der Waals surface area contributed by atoms with Crippen LogP contribution in [-0.4, -0.2) is 160 Å². The average Bonchev–Trinajstić information content (AvgIpc) is 3.27. The van der Waals surface area contributed by atoms with Gasteiger partial charge in [0.2, 0.25) is 29.5 Å². The van der Waals surface area contributed by atoms with E-state index in [4.69, 9.17) is 34.5 Å². The van der Waals surface area contributed by atoms with Crippen molar-refractivity contribution in [2.24, 2.45) is 5.73 Å². The van der Waals surface area contributed by atoms with Crippen LogP contribution in [0.15, 0.2) is 0 Å². The molecule has 22 heteroatoms. The molecule has 2 aliphatic rings. The lowest BCUT2D eigenvalue weighted by Gasteiger charge is -2.48. The van der Waals surface area contributed by atoms with E-state index < -0.39 is 141 Å². The van der Waals surface area contributed by atoms with Crippen molar-refractivity contribution in [1.29, 1.82) is 0 Å². The van der Waals surface area contributed by atoms with E-state index in [-0.39, 0.29) is 19.3 Å². The number of hydrogen-bond acceptors (Lipinski definition) is 16. The van der Waals surface area contributed by atoms with Gasteiger partial charge in [0.15, 0.2) is 12.6 Å². The van der Waals surface area contributed by atoms with Crippen molar-refractivity contribution in [2.75, 3.05) is 19.8 Å². The number of carboxylic acids is 1. The van der Waals surface area contributed by atoms with Gasteiger partial charge in [-0.05, 0) is 19.3 Å². The summed E-state index contributed by atoms with van der Waals surface area (Å²) < 4.78 is 29.1. The summed E-state index contributed by atoms with van der Waals surface area (Å²) in [5.74, 6) is -5.90. The predicted octanol–water partition coefficient (Wildman–Crippen LogP) is 0.457. The molecule has 386 valence electrons. The Kier molecular flexibility index (Phi) is 28.8. The second-order valence-corrected chi connectivity index (χ2v) is 17.4. The zero-order chi connectivity index (χ0) is 49.9. The summed E-state index contributed by atoms with van der Waals surface area (Å²) in [4.78, 5) is 86.5. The molecule has 0 saturated carbocycles. The number of aliphatic carboxylic acids is 1. The van der Waals surface area contributed by atoms with Crippen molar-refractivity contribution >= 4 is 41.5 Å². The van der Waals surface area contributed by atoms with Crippen molar-refractivity contribution in [2.45, 2.75) is 223 Å². The summed E-state index contributed by atoms with van der Waals surface area (Å²) in [6, 6.07) is -5.58. The van der Waals surface area contributed by atoms with Gasteiger partial charge in [0.25, 0.3) is 0 Å². The summed E-state index contributed by atoms with van der Waals surface area (Å²) in [5, 5.41) is 62.2. The van der Waals surface area contributed by atoms with Crippen molar-refractivity contribution in [1.82, 2.24) is 21.3 Å². The largest absolute Gasteiger partial charge is 0.481 e. The molecule has 0 bridgehead atoms. The topological polar surface area (TPSA) is 341 Å². The van der Waals surface area contributed by atoms with Crippen LogP contribution in [0.2, 0.25) is 0 Å². The summed E-state index contributed by atoms with van der Waals surface area (Å²) in [6.45, 7) is 3.78. The third kappa shape index (κ3) is 22.3. The van der Waals surface area contributed by atoms with Crippen LogP contribution in [0.1, 0.15) is 150 Å². The van der Waals surface area contributed by atoms with Crippen LogP contribution in [0.4, 0.5) is 0 Å². The Morgan fingerprint density at radius 1 is 0.672 bits per heavy atom. The summed E-state index contributed by atoms with van der Waals surface area (Å²) >= 11 is 0. The first-order valence-electron chi connectivity index (χ1n) is 24.0. The van der Waals surface area contributed by atoms with E-state index in [1.165, 1.54) is 71.1 Å². The molecule has 5 amide bonds. The van der Waals surface area contributed by atoms with Crippen LogP contribution in [0, 0.1) is 0 Å². The second kappa shape index (κ2) is 32.7. The van der Waals surface area contributed by atoms with Crippen molar-refractivity contribution < 1.29 is 82.8 Å². The highest BCUT2D eigenvalue weighted by atomic mass is 16.7. The molecule has 2 fully saturated rings. The molecule has 1 unspecified atom stereocenters. The number of carbonyl (C=O) groups is 7. The highest BCUT2D eigenvalue weighted by molar-refractivity contribution is 5.92. The van der Waals surface area contributed by atoms with Crippen LogP contribution in [-0.2, 0) is 57.2 Å². The van der Waals surface area contributed by atoms with E-state index in [9.17, 15) is 54.0 Å². The highest BCUT2D eigenvalue weighted by Gasteiger charge is 2.52. The maximum Gasteiger partial charge on any atom is 0.305 e. The molecule has 2 rings (SSSR count). The predicted molar refractivity (Wildman–Crippen MR) is 239 cm³/mol. The maximum absolute atomic E-state index is 13.2. The fourth-order valence-corrected chi connectivity index (χ4v) is 8.02. The number of rotatable bonds is 34. The lowest BCUT2D eigenvalue weighted by Crippen LogP contribution is -2.69. The summed E-state index contributed by atoms with van der Waals surface area (Å²) in [7, 11) is 0. The first-order valence-corrected chi connectivity index (χ1v) is 24.0. The van der Waals surface area contributed by atoms with Crippen molar-refractivity contribution in [3.8, 4) is 0 Å². The number of nitrogens with two attached hydrogens (primary N) is 1. The molecule has 2 saturated heterocycles. The molecular weight excluding hydrogens is 883 g/mol. The molecule has 67 heavy (non-hydrogen) atoms. The fourth-order valence-electron chi connectivity index (χ4n) is 8.02. The monoisotopic (exact) mass is 962 g/mol. The number of hydrogen-bond donors (Lipinski definition) is 10. The molecule has 0 aromatic heterocycles. The Bertz CT molecular complexity index is 1530. The minimum Gasteiger partial charge on any atom is -0.481 e. The summed E-state index contributed by atoms with van der Waals surface area (Å²) in [6.07, 6.45) is 3.84. The number of ether oxygens (including phenoxy) is 5. The average molecular weight is 962 g/mol. The molecule has 0 aliphatic carbocycles. The van der Waals surface area contributed by atoms with E-state index in [0.717, 1.165) is 39.5 Å². The van der Waals surface area contributed by atoms with Crippen LogP contribution in [0.3, 0.4) is 0 Å².